The molecule has 0 heterocycles. The molecule has 0 aliphatic carbocycles. The van der Waals surface area contributed by atoms with E-state index in [0.717, 1.165) is 0 Å². The van der Waals surface area contributed by atoms with E-state index in [1.807, 2.05) is 0 Å². The fraction of sp³-hybridized carbons (Fsp3) is 0.353. The smallest absolute Gasteiger partial charge is 0.311 e. The van der Waals surface area contributed by atoms with Crippen LogP contribution < -0.4 is 4.74 Å². The lowest BCUT2D eigenvalue weighted by Gasteiger charge is -2.16. The number of carbonyl (C=O) groups excluding carboxylic acids is 3. The lowest BCUT2D eigenvalue weighted by atomic mass is 10.2. The van der Waals surface area contributed by atoms with Gasteiger partial charge in [-0.25, -0.2) is 13.2 Å². The van der Waals surface area contributed by atoms with Crippen molar-refractivity contribution in [3.05, 3.63) is 38.1 Å². The van der Waals surface area contributed by atoms with E-state index in [2.05, 4.69) is 36.6 Å². The number of allylic oxidation sites excluding steroid dienone is 1. The van der Waals surface area contributed by atoms with Gasteiger partial charge in [-0.05, 0) is 44.7 Å². The molecule has 0 N–H and O–H groups in total. The highest BCUT2D eigenvalue weighted by Crippen LogP contribution is 2.29. The van der Waals surface area contributed by atoms with Crippen LogP contribution in [0.5, 0.6) is 5.75 Å². The first-order valence-electron chi connectivity index (χ1n) is 8.00. The van der Waals surface area contributed by atoms with Gasteiger partial charge in [0.15, 0.2) is 6.29 Å². The molecule has 1 aromatic rings. The van der Waals surface area contributed by atoms with Gasteiger partial charge in [0.1, 0.15) is 0 Å². The second-order valence-electron chi connectivity index (χ2n) is 5.69. The first-order valence-corrected chi connectivity index (χ1v) is 9.59. The van der Waals surface area contributed by atoms with E-state index < -0.39 is 46.7 Å². The largest absolute Gasteiger partial charge is 0.420 e. The van der Waals surface area contributed by atoms with Gasteiger partial charge in [-0.3, -0.25) is 14.4 Å². The summed E-state index contributed by atoms with van der Waals surface area (Å²) in [6.07, 6.45) is 1.14. The molecular weight excluding hydrogens is 537 g/mol. The molecule has 0 aliphatic heterocycles. The Morgan fingerprint density at radius 2 is 1.45 bits per heavy atom. The molecule has 0 aliphatic rings. The maximum absolute atomic E-state index is 13.4. The number of ether oxygens (including phenoxy) is 1. The van der Waals surface area contributed by atoms with Gasteiger partial charge in [0.25, 0.3) is 5.91 Å². The molecule has 0 radical (unpaired) electrons. The summed E-state index contributed by atoms with van der Waals surface area (Å²) in [6.45, 7) is 0.278. The minimum atomic E-state index is -2.35. The number of hydrogen-bond acceptors (Lipinski definition) is 4. The van der Waals surface area contributed by atoms with Crippen LogP contribution in [0.15, 0.2) is 8.96 Å². The predicted octanol–water partition coefficient (Wildman–Crippen LogP) is 4.51. The highest BCUT2D eigenvalue weighted by Gasteiger charge is 2.28. The third-order valence-corrected chi connectivity index (χ3v) is 5.49. The van der Waals surface area contributed by atoms with Crippen LogP contribution in [-0.2, 0) is 14.4 Å². The molecule has 0 aromatic heterocycles. The predicted molar refractivity (Wildman–Crippen MR) is 98.9 cm³/mol. The number of hydrogen-bond donors (Lipinski definition) is 0. The van der Waals surface area contributed by atoms with E-state index >= 15 is 0 Å². The second-order valence-corrected chi connectivity index (χ2v) is 7.34. The van der Waals surface area contributed by atoms with Crippen molar-refractivity contribution in [1.82, 2.24) is 4.90 Å². The maximum atomic E-state index is 13.4. The normalized spacial score (nSPS) is 11.7. The van der Waals surface area contributed by atoms with E-state index in [1.54, 1.807) is 0 Å². The molecule has 0 saturated carbocycles. The summed E-state index contributed by atoms with van der Waals surface area (Å²) < 4.78 is 70.3. The molecule has 29 heavy (non-hydrogen) atoms. The van der Waals surface area contributed by atoms with Gasteiger partial charge < -0.3 is 9.64 Å². The average Bonchev–Trinajstić information content (AvgIpc) is 2.71. The number of carbonyl (C=O) groups is 3. The topological polar surface area (TPSA) is 63.7 Å². The van der Waals surface area contributed by atoms with E-state index in [0.29, 0.717) is 19.1 Å². The third kappa shape index (κ3) is 6.59. The van der Waals surface area contributed by atoms with Crippen molar-refractivity contribution in [2.75, 3.05) is 13.6 Å². The van der Waals surface area contributed by atoms with Crippen molar-refractivity contribution >= 4 is 50.0 Å². The molecule has 1 aromatic carbocycles. The Balaban J connectivity index is 2.50. The number of unbranched alkanes of at least 4 members (excludes halogenated alkanes) is 2. The van der Waals surface area contributed by atoms with Crippen LogP contribution in [0.2, 0.25) is 0 Å². The lowest BCUT2D eigenvalue weighted by Crippen LogP contribution is -2.28. The fourth-order valence-electron chi connectivity index (χ4n) is 2.06. The molecule has 12 heteroatoms. The van der Waals surface area contributed by atoms with Gasteiger partial charge in [0, 0.05) is 20.0 Å². The van der Waals surface area contributed by atoms with Gasteiger partial charge in [-0.2, -0.15) is 8.78 Å². The van der Waals surface area contributed by atoms with Crippen LogP contribution >= 0.6 is 31.9 Å². The van der Waals surface area contributed by atoms with E-state index in [-0.39, 0.29) is 28.4 Å². The average molecular weight is 551 g/mol. The van der Waals surface area contributed by atoms with Gasteiger partial charge in [-0.15, -0.1) is 0 Å². The molecule has 0 bridgehead atoms. The first-order chi connectivity index (χ1) is 13.5. The lowest BCUT2D eigenvalue weighted by molar-refractivity contribution is -0.135. The fourth-order valence-corrected chi connectivity index (χ4v) is 2.62. The molecule has 160 valence electrons. The molecule has 0 saturated heterocycles. The molecule has 0 unspecified atom stereocenters. The molecular formula is C17H14Br2F5NO4. The number of aldehydes is 1. The summed E-state index contributed by atoms with van der Waals surface area (Å²) in [5, 5.41) is 0. The quantitative estimate of drug-likeness (QED) is 0.0663. The Kier molecular flexibility index (Phi) is 9.90. The summed E-state index contributed by atoms with van der Waals surface area (Å²) >= 11 is 5.89. The molecule has 1 amide bonds. The SMILES string of the molecule is CN(CCCCCC(=O)Oc1c(F)c(F)c(F)c(F)c1F)C(=O)/C(Br)=C(/Br)C=O. The van der Waals surface area contributed by atoms with Gasteiger partial charge >= 0.3 is 5.97 Å². The van der Waals surface area contributed by atoms with Gasteiger partial charge in [0.05, 0.1) is 8.96 Å². The number of rotatable bonds is 9. The van der Waals surface area contributed by atoms with Crippen molar-refractivity contribution in [2.24, 2.45) is 0 Å². The van der Waals surface area contributed by atoms with E-state index in [4.69, 9.17) is 0 Å². The van der Waals surface area contributed by atoms with Crippen molar-refractivity contribution in [3.8, 4) is 5.75 Å². The summed E-state index contributed by atoms with van der Waals surface area (Å²) in [5.41, 5.74) is 0. The Morgan fingerprint density at radius 3 is 1.97 bits per heavy atom. The standard InChI is InChI=1S/C17H14Br2F5NO4/c1-25(17(28)10(19)8(18)7-26)6-4-2-3-5-9(27)29-16-14(23)12(21)11(20)13(22)15(16)24/h7H,2-6H2,1H3/b10-8-. The highest BCUT2D eigenvalue weighted by molar-refractivity contribution is 9.14. The van der Waals surface area contributed by atoms with Crippen molar-refractivity contribution in [3.63, 3.8) is 0 Å². The number of esters is 1. The van der Waals surface area contributed by atoms with Crippen LogP contribution in [0.1, 0.15) is 25.7 Å². The molecule has 0 fully saturated rings. The minimum absolute atomic E-state index is 0.0430. The maximum Gasteiger partial charge on any atom is 0.311 e. The molecule has 0 atom stereocenters. The van der Waals surface area contributed by atoms with Crippen LogP contribution in [-0.4, -0.2) is 36.7 Å². The number of benzene rings is 1. The number of nitrogens with zero attached hydrogens (tertiary/aromatic N) is 1. The van der Waals surface area contributed by atoms with Crippen molar-refractivity contribution < 1.29 is 41.1 Å². The zero-order valence-electron chi connectivity index (χ0n) is 14.8. The Bertz CT molecular complexity index is 819. The van der Waals surface area contributed by atoms with Crippen LogP contribution in [0, 0.1) is 29.1 Å². The second kappa shape index (κ2) is 11.4. The Labute approximate surface area is 179 Å². The van der Waals surface area contributed by atoms with Crippen LogP contribution in [0.3, 0.4) is 0 Å². The van der Waals surface area contributed by atoms with Gasteiger partial charge in [-0.1, -0.05) is 6.42 Å². The first kappa shape index (κ1) is 25.2. The van der Waals surface area contributed by atoms with Crippen LogP contribution in [0.4, 0.5) is 22.0 Å². The van der Waals surface area contributed by atoms with Crippen LogP contribution in [0.25, 0.3) is 0 Å². The van der Waals surface area contributed by atoms with E-state index in [1.165, 1.54) is 11.9 Å². The number of amides is 1. The molecule has 0 spiro atoms. The summed E-state index contributed by atoms with van der Waals surface area (Å²) in [6, 6.07) is 0. The number of halogens is 7. The minimum Gasteiger partial charge on any atom is -0.420 e. The van der Waals surface area contributed by atoms with Crippen molar-refractivity contribution in [2.45, 2.75) is 25.7 Å². The van der Waals surface area contributed by atoms with E-state index in [9.17, 15) is 36.3 Å². The van der Waals surface area contributed by atoms with Gasteiger partial charge in [0.2, 0.25) is 34.8 Å². The summed E-state index contributed by atoms with van der Waals surface area (Å²) in [7, 11) is 1.49. The highest BCUT2D eigenvalue weighted by atomic mass is 79.9. The molecule has 5 nitrogen and oxygen atoms in total. The zero-order valence-corrected chi connectivity index (χ0v) is 18.0. The Hall–Kier alpha value is -1.82. The Morgan fingerprint density at radius 1 is 0.931 bits per heavy atom. The molecule has 1 rings (SSSR count). The van der Waals surface area contributed by atoms with Crippen molar-refractivity contribution in [1.29, 1.82) is 0 Å². The third-order valence-electron chi connectivity index (χ3n) is 3.61. The summed E-state index contributed by atoms with van der Waals surface area (Å²) in [5.74, 6) is -14.5. The zero-order chi connectivity index (χ0) is 22.3. The number of likely N-dealkylation sites (N-methyl/N-ethyl adjacent to an activating group) is 1. The summed E-state index contributed by atoms with van der Waals surface area (Å²) in [4.78, 5) is 35.5. The monoisotopic (exact) mass is 549 g/mol.